The van der Waals surface area contributed by atoms with Crippen LogP contribution in [0.2, 0.25) is 0 Å². The van der Waals surface area contributed by atoms with E-state index >= 15 is 0 Å². The summed E-state index contributed by atoms with van der Waals surface area (Å²) in [6, 6.07) is 14.2. The van der Waals surface area contributed by atoms with Crippen LogP contribution in [0.3, 0.4) is 0 Å². The molecule has 0 saturated carbocycles. The van der Waals surface area contributed by atoms with Crippen molar-refractivity contribution in [2.75, 3.05) is 13.2 Å². The SMILES string of the molecule is CCOC(=O)C1=C(N)Oc2c(c(=O)oc3ccccc23)C1c1ccccc1OCC. The topological polar surface area (TPSA) is 101 Å². The molecular weight excluding hydrogens is 386 g/mol. The van der Waals surface area contributed by atoms with Crippen molar-refractivity contribution in [2.24, 2.45) is 5.73 Å². The third-order valence-electron chi connectivity index (χ3n) is 4.88. The number of carbonyl (C=O) groups is 1. The lowest BCUT2D eigenvalue weighted by Gasteiger charge is -2.28. The summed E-state index contributed by atoms with van der Waals surface area (Å²) < 4.78 is 22.3. The van der Waals surface area contributed by atoms with Gasteiger partial charge in [-0.05, 0) is 32.0 Å². The first kappa shape index (κ1) is 19.6. The summed E-state index contributed by atoms with van der Waals surface area (Å²) in [4.78, 5) is 25.9. The molecule has 1 aliphatic heterocycles. The zero-order valence-corrected chi connectivity index (χ0v) is 16.6. The second kappa shape index (κ2) is 7.94. The molecule has 0 spiro atoms. The number of benzene rings is 2. The predicted molar refractivity (Wildman–Crippen MR) is 110 cm³/mol. The number of rotatable bonds is 5. The van der Waals surface area contributed by atoms with Gasteiger partial charge in [-0.2, -0.15) is 0 Å². The third-order valence-corrected chi connectivity index (χ3v) is 4.88. The molecule has 1 unspecified atom stereocenters. The number of carbonyl (C=O) groups excluding carboxylic acids is 1. The Labute approximate surface area is 172 Å². The minimum absolute atomic E-state index is 0.0408. The van der Waals surface area contributed by atoms with Gasteiger partial charge in [0.25, 0.3) is 0 Å². The third kappa shape index (κ3) is 3.18. The number of esters is 1. The fourth-order valence-corrected chi connectivity index (χ4v) is 3.69. The average Bonchev–Trinajstić information content (AvgIpc) is 2.74. The molecule has 1 aliphatic rings. The second-order valence-electron chi connectivity index (χ2n) is 6.63. The number of nitrogens with two attached hydrogens (primary N) is 1. The van der Waals surface area contributed by atoms with E-state index < -0.39 is 17.5 Å². The normalized spacial score (nSPS) is 15.5. The number of fused-ring (bicyclic) bond motifs is 3. The minimum Gasteiger partial charge on any atom is -0.494 e. The van der Waals surface area contributed by atoms with Gasteiger partial charge in [0.15, 0.2) is 5.75 Å². The molecule has 2 heterocycles. The Morgan fingerprint density at radius 2 is 1.80 bits per heavy atom. The van der Waals surface area contributed by atoms with Gasteiger partial charge >= 0.3 is 11.6 Å². The van der Waals surface area contributed by atoms with Crippen molar-refractivity contribution in [2.45, 2.75) is 19.8 Å². The number of para-hydroxylation sites is 2. The van der Waals surface area contributed by atoms with E-state index in [0.717, 1.165) is 0 Å². The lowest BCUT2D eigenvalue weighted by atomic mass is 9.82. The van der Waals surface area contributed by atoms with E-state index in [-0.39, 0.29) is 29.4 Å². The van der Waals surface area contributed by atoms with Crippen molar-refractivity contribution in [1.29, 1.82) is 0 Å². The van der Waals surface area contributed by atoms with Crippen LogP contribution in [0.5, 0.6) is 11.5 Å². The summed E-state index contributed by atoms with van der Waals surface area (Å²) in [6.07, 6.45) is 0. The molecule has 30 heavy (non-hydrogen) atoms. The molecule has 1 aromatic heterocycles. The molecule has 1 atom stereocenters. The standard InChI is InChI=1S/C23H21NO6/c1-3-27-15-11-7-5-9-13(15)17-18-20(30-21(24)19(17)22(25)28-4-2)14-10-6-8-12-16(14)29-23(18)26/h5-12,17H,3-4,24H2,1-2H3. The van der Waals surface area contributed by atoms with E-state index in [0.29, 0.717) is 28.9 Å². The maximum atomic E-state index is 13.1. The van der Waals surface area contributed by atoms with Crippen molar-refractivity contribution < 1.29 is 23.4 Å². The van der Waals surface area contributed by atoms with Gasteiger partial charge in [-0.3, -0.25) is 0 Å². The van der Waals surface area contributed by atoms with E-state index in [1.54, 1.807) is 49.4 Å². The molecule has 3 aromatic rings. The minimum atomic E-state index is -0.864. The van der Waals surface area contributed by atoms with Gasteiger partial charge in [0.2, 0.25) is 5.88 Å². The lowest BCUT2D eigenvalue weighted by Crippen LogP contribution is -2.31. The quantitative estimate of drug-likeness (QED) is 0.511. The van der Waals surface area contributed by atoms with Crippen LogP contribution < -0.4 is 20.8 Å². The van der Waals surface area contributed by atoms with Gasteiger partial charge in [0.1, 0.15) is 16.9 Å². The van der Waals surface area contributed by atoms with Crippen molar-refractivity contribution in [1.82, 2.24) is 0 Å². The van der Waals surface area contributed by atoms with Crippen molar-refractivity contribution >= 4 is 16.9 Å². The van der Waals surface area contributed by atoms with Crippen LogP contribution in [0, 0.1) is 0 Å². The highest BCUT2D eigenvalue weighted by atomic mass is 16.5. The largest absolute Gasteiger partial charge is 0.494 e. The number of hydrogen-bond donors (Lipinski definition) is 1. The van der Waals surface area contributed by atoms with Gasteiger partial charge < -0.3 is 24.4 Å². The van der Waals surface area contributed by atoms with Gasteiger partial charge in [-0.1, -0.05) is 30.3 Å². The van der Waals surface area contributed by atoms with Crippen LogP contribution in [0.25, 0.3) is 11.0 Å². The highest BCUT2D eigenvalue weighted by molar-refractivity contribution is 5.95. The maximum Gasteiger partial charge on any atom is 0.344 e. The smallest absolute Gasteiger partial charge is 0.344 e. The van der Waals surface area contributed by atoms with Gasteiger partial charge in [-0.15, -0.1) is 0 Å². The molecule has 0 aliphatic carbocycles. The molecule has 7 heteroatoms. The van der Waals surface area contributed by atoms with Crippen LogP contribution in [0.1, 0.15) is 30.9 Å². The molecule has 0 amide bonds. The Hall–Kier alpha value is -3.74. The van der Waals surface area contributed by atoms with Crippen molar-refractivity contribution in [3.8, 4) is 11.5 Å². The maximum absolute atomic E-state index is 13.1. The fraction of sp³-hybridized carbons (Fsp3) is 0.217. The molecule has 0 bridgehead atoms. The van der Waals surface area contributed by atoms with Crippen LogP contribution in [0.15, 0.2) is 69.2 Å². The zero-order chi connectivity index (χ0) is 21.3. The van der Waals surface area contributed by atoms with E-state index in [1.165, 1.54) is 0 Å². The Balaban J connectivity index is 2.05. The average molecular weight is 407 g/mol. The highest BCUT2D eigenvalue weighted by Gasteiger charge is 2.40. The fourth-order valence-electron chi connectivity index (χ4n) is 3.69. The van der Waals surface area contributed by atoms with Crippen molar-refractivity contribution in [3.05, 3.63) is 81.5 Å². The Bertz CT molecular complexity index is 1210. The summed E-state index contributed by atoms with van der Waals surface area (Å²) in [7, 11) is 0. The summed E-state index contributed by atoms with van der Waals surface area (Å²) in [5.41, 5.74) is 6.77. The first-order valence-corrected chi connectivity index (χ1v) is 9.68. The molecule has 4 rings (SSSR count). The van der Waals surface area contributed by atoms with Crippen LogP contribution >= 0.6 is 0 Å². The molecule has 7 nitrogen and oxygen atoms in total. The number of ether oxygens (including phenoxy) is 3. The zero-order valence-electron chi connectivity index (χ0n) is 16.6. The molecule has 2 aromatic carbocycles. The summed E-state index contributed by atoms with van der Waals surface area (Å²) in [5.74, 6) is -0.849. The Morgan fingerprint density at radius 3 is 2.57 bits per heavy atom. The van der Waals surface area contributed by atoms with E-state index in [4.69, 9.17) is 24.4 Å². The first-order valence-electron chi connectivity index (χ1n) is 9.68. The Morgan fingerprint density at radius 1 is 1.07 bits per heavy atom. The monoisotopic (exact) mass is 407 g/mol. The van der Waals surface area contributed by atoms with E-state index in [9.17, 15) is 9.59 Å². The lowest BCUT2D eigenvalue weighted by molar-refractivity contribution is -0.139. The predicted octanol–water partition coefficient (Wildman–Crippen LogP) is 3.45. The molecular formula is C23H21NO6. The van der Waals surface area contributed by atoms with E-state index in [1.807, 2.05) is 13.0 Å². The molecule has 154 valence electrons. The van der Waals surface area contributed by atoms with Crippen molar-refractivity contribution in [3.63, 3.8) is 0 Å². The summed E-state index contributed by atoms with van der Waals surface area (Å²) in [6.45, 7) is 4.10. The van der Waals surface area contributed by atoms with Crippen LogP contribution in [0.4, 0.5) is 0 Å². The Kier molecular flexibility index (Phi) is 5.18. The number of hydrogen-bond acceptors (Lipinski definition) is 7. The summed E-state index contributed by atoms with van der Waals surface area (Å²) in [5, 5.41) is 0.580. The van der Waals surface area contributed by atoms with Crippen LogP contribution in [-0.4, -0.2) is 19.2 Å². The van der Waals surface area contributed by atoms with Gasteiger partial charge in [0, 0.05) is 5.56 Å². The van der Waals surface area contributed by atoms with Crippen LogP contribution in [-0.2, 0) is 9.53 Å². The second-order valence-corrected chi connectivity index (χ2v) is 6.63. The summed E-state index contributed by atoms with van der Waals surface area (Å²) >= 11 is 0. The molecule has 0 saturated heterocycles. The van der Waals surface area contributed by atoms with Gasteiger partial charge in [0.05, 0.1) is 30.1 Å². The molecule has 0 radical (unpaired) electrons. The molecule has 2 N–H and O–H groups in total. The highest BCUT2D eigenvalue weighted by Crippen LogP contribution is 2.46. The van der Waals surface area contributed by atoms with E-state index in [2.05, 4.69) is 0 Å². The first-order chi connectivity index (χ1) is 14.6. The van der Waals surface area contributed by atoms with Gasteiger partial charge in [-0.25, -0.2) is 9.59 Å². The molecule has 0 fully saturated rings.